The first-order chi connectivity index (χ1) is 11.7. The Morgan fingerprint density at radius 3 is 1.69 bits per heavy atom. The SMILES string of the molecule is Fc1ccccc1-c1cccc(C(F)(C(F)(F)F)C(F)(F)C(F)(F)F)c1. The zero-order chi connectivity index (χ0) is 20.0. The standard InChI is InChI=1S/C16H8F10/c17-12-7-2-1-6-11(12)9-4-3-5-10(8-9)13(18,15(21,22)23)14(19,20)16(24,25)26/h1-8H. The van der Waals surface area contributed by atoms with Gasteiger partial charge in [0.1, 0.15) is 5.82 Å². The Bertz CT molecular complexity index is 790. The summed E-state index contributed by atoms with van der Waals surface area (Å²) in [5.41, 5.74) is -8.94. The van der Waals surface area contributed by atoms with Crippen molar-refractivity contribution in [2.24, 2.45) is 0 Å². The molecule has 0 radical (unpaired) electrons. The van der Waals surface area contributed by atoms with E-state index in [-0.39, 0.29) is 12.1 Å². The zero-order valence-corrected chi connectivity index (χ0v) is 12.4. The van der Waals surface area contributed by atoms with Gasteiger partial charge >= 0.3 is 23.9 Å². The fraction of sp³-hybridized carbons (Fsp3) is 0.250. The van der Waals surface area contributed by atoms with Crippen LogP contribution in [0.5, 0.6) is 0 Å². The van der Waals surface area contributed by atoms with E-state index in [0.717, 1.165) is 18.2 Å². The van der Waals surface area contributed by atoms with Crippen molar-refractivity contribution in [1.82, 2.24) is 0 Å². The average Bonchev–Trinajstić information content (AvgIpc) is 2.52. The number of hydrogen-bond donors (Lipinski definition) is 0. The normalized spacial score (nSPS) is 15.6. The Hall–Kier alpha value is -2.26. The first-order valence-corrected chi connectivity index (χ1v) is 6.79. The van der Waals surface area contributed by atoms with Crippen LogP contribution in [-0.4, -0.2) is 18.3 Å². The minimum absolute atomic E-state index is 0.117. The molecule has 1 atom stereocenters. The maximum Gasteiger partial charge on any atom is 0.457 e. The third-order valence-electron chi connectivity index (χ3n) is 3.62. The van der Waals surface area contributed by atoms with E-state index < -0.39 is 46.5 Å². The summed E-state index contributed by atoms with van der Waals surface area (Å²) in [6.45, 7) is 0. The predicted molar refractivity (Wildman–Crippen MR) is 71.7 cm³/mol. The van der Waals surface area contributed by atoms with Crippen LogP contribution >= 0.6 is 0 Å². The summed E-state index contributed by atoms with van der Waals surface area (Å²) in [5.74, 6) is -7.75. The molecule has 0 aliphatic carbocycles. The van der Waals surface area contributed by atoms with Crippen LogP contribution in [0.4, 0.5) is 43.9 Å². The van der Waals surface area contributed by atoms with Gasteiger partial charge < -0.3 is 0 Å². The molecule has 0 aliphatic rings. The molecule has 0 N–H and O–H groups in total. The van der Waals surface area contributed by atoms with Gasteiger partial charge in [-0.25, -0.2) is 8.78 Å². The molecular weight excluding hydrogens is 382 g/mol. The molecular formula is C16H8F10. The summed E-state index contributed by atoms with van der Waals surface area (Å²) in [6, 6.07) is 6.23. The molecule has 1 unspecified atom stereocenters. The molecule has 2 rings (SSSR count). The lowest BCUT2D eigenvalue weighted by atomic mass is 9.86. The summed E-state index contributed by atoms with van der Waals surface area (Å²) in [6.07, 6.45) is -13.4. The van der Waals surface area contributed by atoms with Gasteiger partial charge in [0.15, 0.2) is 0 Å². The lowest BCUT2D eigenvalue weighted by Gasteiger charge is -2.36. The molecule has 0 bridgehead atoms. The average molecular weight is 390 g/mol. The second-order valence-corrected chi connectivity index (χ2v) is 5.29. The van der Waals surface area contributed by atoms with Gasteiger partial charge in [-0.2, -0.15) is 35.1 Å². The van der Waals surface area contributed by atoms with Gasteiger partial charge in [-0.3, -0.25) is 0 Å². The van der Waals surface area contributed by atoms with Crippen LogP contribution in [0, 0.1) is 5.82 Å². The van der Waals surface area contributed by atoms with Crippen LogP contribution in [0.1, 0.15) is 5.56 Å². The number of alkyl halides is 9. The van der Waals surface area contributed by atoms with Crippen LogP contribution in [-0.2, 0) is 5.67 Å². The molecule has 0 fully saturated rings. The largest absolute Gasteiger partial charge is 0.457 e. The minimum Gasteiger partial charge on any atom is -0.221 e. The van der Waals surface area contributed by atoms with E-state index in [0.29, 0.717) is 6.07 Å². The molecule has 0 aliphatic heterocycles. The number of hydrogen-bond acceptors (Lipinski definition) is 0. The van der Waals surface area contributed by atoms with Gasteiger partial charge in [0.05, 0.1) is 0 Å². The molecule has 0 aromatic heterocycles. The highest BCUT2D eigenvalue weighted by Crippen LogP contribution is 2.58. The van der Waals surface area contributed by atoms with Crippen molar-refractivity contribution in [3.8, 4) is 11.1 Å². The van der Waals surface area contributed by atoms with Gasteiger partial charge in [-0.05, 0) is 17.7 Å². The molecule has 0 saturated heterocycles. The first-order valence-electron chi connectivity index (χ1n) is 6.79. The highest BCUT2D eigenvalue weighted by Gasteiger charge is 2.81. The second-order valence-electron chi connectivity index (χ2n) is 5.29. The topological polar surface area (TPSA) is 0 Å². The van der Waals surface area contributed by atoms with Crippen molar-refractivity contribution in [2.45, 2.75) is 23.9 Å². The van der Waals surface area contributed by atoms with Crippen molar-refractivity contribution in [2.75, 3.05) is 0 Å². The predicted octanol–water partition coefficient (Wildman–Crippen LogP) is 6.42. The summed E-state index contributed by atoms with van der Waals surface area (Å²) in [4.78, 5) is 0. The molecule has 10 heteroatoms. The molecule has 0 nitrogen and oxygen atoms in total. The summed E-state index contributed by atoms with van der Waals surface area (Å²) in [5, 5.41) is 0. The number of halogens is 10. The Morgan fingerprint density at radius 2 is 1.19 bits per heavy atom. The number of rotatable bonds is 3. The highest BCUT2D eigenvalue weighted by atomic mass is 19.4. The Kier molecular flexibility index (Phi) is 4.76. The Morgan fingerprint density at radius 1 is 0.615 bits per heavy atom. The Balaban J connectivity index is 2.73. The van der Waals surface area contributed by atoms with Crippen molar-refractivity contribution in [3.05, 3.63) is 59.9 Å². The maximum absolute atomic E-state index is 14.4. The van der Waals surface area contributed by atoms with Crippen molar-refractivity contribution in [3.63, 3.8) is 0 Å². The number of benzene rings is 2. The van der Waals surface area contributed by atoms with Gasteiger partial charge in [-0.1, -0.05) is 36.4 Å². The van der Waals surface area contributed by atoms with E-state index in [4.69, 9.17) is 0 Å². The van der Waals surface area contributed by atoms with Crippen LogP contribution < -0.4 is 0 Å². The highest BCUT2D eigenvalue weighted by molar-refractivity contribution is 5.65. The maximum atomic E-state index is 14.4. The van der Waals surface area contributed by atoms with Gasteiger partial charge in [0.25, 0.3) is 0 Å². The van der Waals surface area contributed by atoms with E-state index in [2.05, 4.69) is 0 Å². The summed E-state index contributed by atoms with van der Waals surface area (Å²) < 4.78 is 132. The van der Waals surface area contributed by atoms with Gasteiger partial charge in [-0.15, -0.1) is 0 Å². The first kappa shape index (κ1) is 20.1. The van der Waals surface area contributed by atoms with Gasteiger partial charge in [0.2, 0.25) is 0 Å². The molecule has 2 aromatic rings. The van der Waals surface area contributed by atoms with Crippen molar-refractivity contribution in [1.29, 1.82) is 0 Å². The monoisotopic (exact) mass is 390 g/mol. The molecule has 26 heavy (non-hydrogen) atoms. The summed E-state index contributed by atoms with van der Waals surface area (Å²) in [7, 11) is 0. The molecule has 2 aromatic carbocycles. The molecule has 142 valence electrons. The van der Waals surface area contributed by atoms with Gasteiger partial charge in [0, 0.05) is 11.1 Å². The van der Waals surface area contributed by atoms with Crippen LogP contribution in [0.25, 0.3) is 11.1 Å². The fourth-order valence-corrected chi connectivity index (χ4v) is 2.31. The zero-order valence-electron chi connectivity index (χ0n) is 12.4. The molecule has 0 spiro atoms. The molecule has 0 amide bonds. The molecule has 0 heterocycles. The summed E-state index contributed by atoms with van der Waals surface area (Å²) >= 11 is 0. The van der Waals surface area contributed by atoms with E-state index in [1.165, 1.54) is 12.1 Å². The van der Waals surface area contributed by atoms with Crippen LogP contribution in [0.3, 0.4) is 0 Å². The second kappa shape index (κ2) is 6.17. The van der Waals surface area contributed by atoms with E-state index >= 15 is 0 Å². The van der Waals surface area contributed by atoms with Crippen LogP contribution in [0.2, 0.25) is 0 Å². The fourth-order valence-electron chi connectivity index (χ4n) is 2.31. The smallest absolute Gasteiger partial charge is 0.221 e. The quantitative estimate of drug-likeness (QED) is 0.531. The lowest BCUT2D eigenvalue weighted by Crippen LogP contribution is -2.59. The molecule has 0 saturated carbocycles. The minimum atomic E-state index is -6.81. The lowest BCUT2D eigenvalue weighted by molar-refractivity contribution is -0.389. The van der Waals surface area contributed by atoms with E-state index in [1.54, 1.807) is 0 Å². The third kappa shape index (κ3) is 3.01. The van der Waals surface area contributed by atoms with E-state index in [9.17, 15) is 43.9 Å². The third-order valence-corrected chi connectivity index (χ3v) is 3.62. The van der Waals surface area contributed by atoms with E-state index in [1.807, 2.05) is 0 Å². The van der Waals surface area contributed by atoms with Crippen molar-refractivity contribution < 1.29 is 43.9 Å². The van der Waals surface area contributed by atoms with Crippen molar-refractivity contribution >= 4 is 0 Å². The van der Waals surface area contributed by atoms with Crippen LogP contribution in [0.15, 0.2) is 48.5 Å². The Labute approximate surface area is 140 Å².